The van der Waals surface area contributed by atoms with E-state index in [4.69, 9.17) is 4.74 Å². The SMILES string of the molecule is O=C1COc2ccc(C(=O)C[N+]34CCC(CC3)CC4)cc2N1. The van der Waals surface area contributed by atoms with Crippen LogP contribution in [0.1, 0.15) is 29.6 Å². The van der Waals surface area contributed by atoms with Crippen LogP contribution < -0.4 is 10.1 Å². The average molecular weight is 301 g/mol. The summed E-state index contributed by atoms with van der Waals surface area (Å²) in [6, 6.07) is 5.35. The van der Waals surface area contributed by atoms with Gasteiger partial charge in [-0.15, -0.1) is 0 Å². The summed E-state index contributed by atoms with van der Waals surface area (Å²) in [6.07, 6.45) is 3.80. The summed E-state index contributed by atoms with van der Waals surface area (Å²) in [6.45, 7) is 4.05. The normalized spacial score (nSPS) is 29.5. The van der Waals surface area contributed by atoms with Crippen molar-refractivity contribution in [1.29, 1.82) is 0 Å². The molecule has 0 spiro atoms. The number of nitrogens with one attached hydrogen (secondary N) is 1. The summed E-state index contributed by atoms with van der Waals surface area (Å²) < 4.78 is 6.29. The van der Waals surface area contributed by atoms with Gasteiger partial charge in [0.1, 0.15) is 12.3 Å². The minimum absolute atomic E-state index is 0.0431. The minimum atomic E-state index is -0.169. The highest BCUT2D eigenvalue weighted by molar-refractivity contribution is 6.01. The maximum atomic E-state index is 12.7. The number of quaternary nitrogens is 1. The van der Waals surface area contributed by atoms with E-state index in [2.05, 4.69) is 5.32 Å². The van der Waals surface area contributed by atoms with E-state index in [1.165, 1.54) is 19.3 Å². The van der Waals surface area contributed by atoms with Crippen LogP contribution in [0.3, 0.4) is 0 Å². The van der Waals surface area contributed by atoms with Crippen LogP contribution in [-0.4, -0.2) is 49.0 Å². The highest BCUT2D eigenvalue weighted by Crippen LogP contribution is 2.34. The maximum Gasteiger partial charge on any atom is 0.262 e. The number of hydrogen-bond donors (Lipinski definition) is 1. The zero-order valence-electron chi connectivity index (χ0n) is 12.6. The van der Waals surface area contributed by atoms with Crippen molar-refractivity contribution in [2.45, 2.75) is 19.3 Å². The predicted molar refractivity (Wildman–Crippen MR) is 82.0 cm³/mol. The van der Waals surface area contributed by atoms with E-state index in [1.54, 1.807) is 12.1 Å². The fourth-order valence-corrected chi connectivity index (χ4v) is 4.03. The minimum Gasteiger partial charge on any atom is -0.482 e. The van der Waals surface area contributed by atoms with Gasteiger partial charge in [0.05, 0.1) is 25.3 Å². The van der Waals surface area contributed by atoms with Crippen LogP contribution >= 0.6 is 0 Å². The number of carbonyl (C=O) groups excluding carboxylic acids is 2. The molecule has 5 heteroatoms. The van der Waals surface area contributed by atoms with Gasteiger partial charge in [0, 0.05) is 5.56 Å². The number of amides is 1. The Labute approximate surface area is 129 Å². The quantitative estimate of drug-likeness (QED) is 0.684. The molecule has 3 fully saturated rings. The molecule has 22 heavy (non-hydrogen) atoms. The molecular formula is C17H21N2O3+. The third-order valence-corrected chi connectivity index (χ3v) is 5.45. The molecule has 116 valence electrons. The monoisotopic (exact) mass is 301 g/mol. The number of piperidine rings is 3. The van der Waals surface area contributed by atoms with Gasteiger partial charge in [-0.3, -0.25) is 9.59 Å². The van der Waals surface area contributed by atoms with E-state index < -0.39 is 0 Å². The lowest BCUT2D eigenvalue weighted by atomic mass is 9.85. The molecule has 1 aromatic rings. The molecule has 0 unspecified atom stereocenters. The molecule has 3 saturated heterocycles. The second kappa shape index (κ2) is 5.09. The van der Waals surface area contributed by atoms with Gasteiger partial charge in [0.2, 0.25) is 5.78 Å². The number of hydrogen-bond acceptors (Lipinski definition) is 3. The average Bonchev–Trinajstić information content (AvgIpc) is 2.55. The molecule has 1 N–H and O–H groups in total. The Hall–Kier alpha value is -1.88. The van der Waals surface area contributed by atoms with Crippen LogP contribution in [0.25, 0.3) is 0 Å². The van der Waals surface area contributed by atoms with Crippen LogP contribution in [0.4, 0.5) is 5.69 Å². The van der Waals surface area contributed by atoms with Gasteiger partial charge in [-0.1, -0.05) is 0 Å². The van der Waals surface area contributed by atoms with Crippen molar-refractivity contribution in [2.75, 3.05) is 38.1 Å². The van der Waals surface area contributed by atoms with Gasteiger partial charge >= 0.3 is 0 Å². The van der Waals surface area contributed by atoms with Crippen molar-refractivity contribution < 1.29 is 18.8 Å². The number of carbonyl (C=O) groups is 2. The second-order valence-electron chi connectivity index (χ2n) is 6.87. The van der Waals surface area contributed by atoms with Crippen LogP contribution in [-0.2, 0) is 4.79 Å². The fraction of sp³-hybridized carbons (Fsp3) is 0.529. The number of fused-ring (bicyclic) bond motifs is 4. The predicted octanol–water partition coefficient (Wildman–Crippen LogP) is 1.83. The summed E-state index contributed by atoms with van der Waals surface area (Å²) in [4.78, 5) is 24.1. The third-order valence-electron chi connectivity index (χ3n) is 5.45. The molecule has 0 atom stereocenters. The van der Waals surface area contributed by atoms with Gasteiger partial charge in [-0.05, 0) is 43.4 Å². The van der Waals surface area contributed by atoms with E-state index >= 15 is 0 Å². The lowest BCUT2D eigenvalue weighted by Gasteiger charge is -2.48. The zero-order chi connectivity index (χ0) is 15.2. The smallest absolute Gasteiger partial charge is 0.262 e. The number of anilines is 1. The first-order valence-corrected chi connectivity index (χ1v) is 8.09. The molecule has 4 aliphatic heterocycles. The summed E-state index contributed by atoms with van der Waals surface area (Å²) in [5, 5.41) is 2.77. The van der Waals surface area contributed by atoms with Crippen LogP contribution in [0.2, 0.25) is 0 Å². The standard InChI is InChI=1S/C17H20N2O3/c20-15(10-19-6-3-12(4-7-19)5-8-19)13-1-2-16-14(9-13)18-17(21)11-22-16/h1-2,9,12H,3-8,10-11H2/p+1. The molecule has 2 bridgehead atoms. The topological polar surface area (TPSA) is 55.4 Å². The summed E-state index contributed by atoms with van der Waals surface area (Å²) >= 11 is 0. The molecule has 4 aliphatic rings. The highest BCUT2D eigenvalue weighted by Gasteiger charge is 2.41. The number of nitrogens with zero attached hydrogens (tertiary/aromatic N) is 1. The van der Waals surface area contributed by atoms with E-state index in [1.807, 2.05) is 6.07 Å². The van der Waals surface area contributed by atoms with Crippen molar-refractivity contribution in [3.05, 3.63) is 23.8 Å². The third kappa shape index (κ3) is 2.39. The summed E-state index contributed by atoms with van der Waals surface area (Å²) in [5.41, 5.74) is 1.28. The van der Waals surface area contributed by atoms with Gasteiger partial charge < -0.3 is 14.5 Å². The molecule has 5 rings (SSSR count). The lowest BCUT2D eigenvalue weighted by Crippen LogP contribution is -2.60. The number of Topliss-reactive ketones (excluding diaryl/α,β-unsaturated/α-hetero) is 1. The van der Waals surface area contributed by atoms with Crippen molar-refractivity contribution in [3.63, 3.8) is 0 Å². The maximum absolute atomic E-state index is 12.7. The molecule has 5 nitrogen and oxygen atoms in total. The Kier molecular flexibility index (Phi) is 3.18. The Morgan fingerprint density at radius 3 is 2.68 bits per heavy atom. The first-order chi connectivity index (χ1) is 10.6. The lowest BCUT2D eigenvalue weighted by molar-refractivity contribution is -0.935. The van der Waals surface area contributed by atoms with Crippen molar-refractivity contribution in [2.24, 2.45) is 5.92 Å². The summed E-state index contributed by atoms with van der Waals surface area (Å²) in [7, 11) is 0. The first kappa shape index (κ1) is 13.8. The molecule has 0 aromatic heterocycles. The van der Waals surface area contributed by atoms with Gasteiger partial charge in [-0.2, -0.15) is 0 Å². The van der Waals surface area contributed by atoms with Crippen LogP contribution in [0.5, 0.6) is 5.75 Å². The van der Waals surface area contributed by atoms with Crippen molar-refractivity contribution in [3.8, 4) is 5.75 Å². The number of ether oxygens (including phenoxy) is 1. The molecule has 0 radical (unpaired) electrons. The van der Waals surface area contributed by atoms with E-state index in [-0.39, 0.29) is 18.3 Å². The van der Waals surface area contributed by atoms with Gasteiger partial charge in [0.25, 0.3) is 5.91 Å². The number of benzene rings is 1. The van der Waals surface area contributed by atoms with Crippen LogP contribution in [0.15, 0.2) is 18.2 Å². The Morgan fingerprint density at radius 2 is 1.95 bits per heavy atom. The second-order valence-corrected chi connectivity index (χ2v) is 6.87. The van der Waals surface area contributed by atoms with Crippen molar-refractivity contribution in [1.82, 2.24) is 0 Å². The molecule has 1 aromatic carbocycles. The van der Waals surface area contributed by atoms with E-state index in [9.17, 15) is 9.59 Å². The first-order valence-electron chi connectivity index (χ1n) is 8.09. The van der Waals surface area contributed by atoms with Gasteiger partial charge in [-0.25, -0.2) is 0 Å². The molecule has 4 heterocycles. The number of rotatable bonds is 3. The van der Waals surface area contributed by atoms with Crippen LogP contribution in [0, 0.1) is 5.92 Å². The Balaban J connectivity index is 1.53. The summed E-state index contributed by atoms with van der Waals surface area (Å²) in [5.74, 6) is 1.54. The molecular weight excluding hydrogens is 280 g/mol. The zero-order valence-corrected chi connectivity index (χ0v) is 12.6. The van der Waals surface area contributed by atoms with E-state index in [0.717, 1.165) is 30.0 Å². The fourth-order valence-electron chi connectivity index (χ4n) is 4.03. The van der Waals surface area contributed by atoms with E-state index in [0.29, 0.717) is 23.5 Å². The van der Waals surface area contributed by atoms with Gasteiger partial charge in [0.15, 0.2) is 6.61 Å². The molecule has 1 amide bonds. The Bertz CT molecular complexity index is 619. The number of ketones is 1. The highest BCUT2D eigenvalue weighted by atomic mass is 16.5. The Morgan fingerprint density at radius 1 is 1.23 bits per heavy atom. The largest absolute Gasteiger partial charge is 0.482 e. The molecule has 0 saturated carbocycles. The van der Waals surface area contributed by atoms with Crippen molar-refractivity contribution >= 4 is 17.4 Å². The molecule has 0 aliphatic carbocycles.